The van der Waals surface area contributed by atoms with Gasteiger partial charge in [0.05, 0.1) is 0 Å². The maximum Gasteiger partial charge on any atom is 0.0352 e. The van der Waals surface area contributed by atoms with Gasteiger partial charge in [-0.1, -0.05) is 13.8 Å². The Morgan fingerprint density at radius 2 is 1.69 bits per heavy atom. The summed E-state index contributed by atoms with van der Waals surface area (Å²) in [5, 5.41) is 0. The lowest BCUT2D eigenvalue weighted by atomic mass is 9.84. The lowest BCUT2D eigenvalue weighted by Crippen LogP contribution is -2.57. The molecule has 1 saturated heterocycles. The summed E-state index contributed by atoms with van der Waals surface area (Å²) in [5.41, 5.74) is 6.41. The van der Waals surface area contributed by atoms with Crippen molar-refractivity contribution in [3.8, 4) is 0 Å². The number of hydrogen-bond donors (Lipinski definition) is 1. The molecule has 0 aromatic heterocycles. The topological polar surface area (TPSA) is 29.3 Å². The molecular formula is C11H24N2. The van der Waals surface area contributed by atoms with Crippen LogP contribution in [0, 0.1) is 0 Å². The largest absolute Gasteiger partial charge is 0.326 e. The molecular weight excluding hydrogens is 160 g/mol. The first-order valence-corrected chi connectivity index (χ1v) is 5.68. The molecule has 0 aliphatic carbocycles. The van der Waals surface area contributed by atoms with E-state index in [4.69, 9.17) is 5.73 Å². The molecule has 0 spiro atoms. The highest BCUT2D eigenvalue weighted by Gasteiger charge is 2.37. The molecule has 1 rings (SSSR count). The van der Waals surface area contributed by atoms with Crippen LogP contribution in [0.15, 0.2) is 0 Å². The van der Waals surface area contributed by atoms with Gasteiger partial charge in [-0.3, -0.25) is 4.90 Å². The van der Waals surface area contributed by atoms with E-state index in [0.29, 0.717) is 6.04 Å². The number of nitrogens with zero attached hydrogens (tertiary/aromatic N) is 1. The van der Waals surface area contributed by atoms with Crippen molar-refractivity contribution in [3.05, 3.63) is 0 Å². The average molecular weight is 184 g/mol. The van der Waals surface area contributed by atoms with Gasteiger partial charge in [-0.05, 0) is 45.7 Å². The Morgan fingerprint density at radius 3 is 2.00 bits per heavy atom. The van der Waals surface area contributed by atoms with E-state index in [9.17, 15) is 0 Å². The molecule has 1 aliphatic rings. The molecule has 2 heteroatoms. The molecule has 0 radical (unpaired) electrons. The molecule has 1 unspecified atom stereocenters. The third kappa shape index (κ3) is 1.89. The fraction of sp³-hybridized carbons (Fsp3) is 1.00. The summed E-state index contributed by atoms with van der Waals surface area (Å²) in [6, 6.07) is 0.292. The van der Waals surface area contributed by atoms with E-state index in [1.165, 1.54) is 38.8 Å². The monoisotopic (exact) mass is 184 g/mol. The Labute approximate surface area is 82.5 Å². The number of likely N-dealkylation sites (tertiary alicyclic amines) is 1. The second-order valence-corrected chi connectivity index (χ2v) is 4.29. The fourth-order valence-electron chi connectivity index (χ4n) is 2.79. The average Bonchev–Trinajstić information content (AvgIpc) is 2.60. The smallest absolute Gasteiger partial charge is 0.0352 e. The first-order valence-electron chi connectivity index (χ1n) is 5.68. The van der Waals surface area contributed by atoms with E-state index >= 15 is 0 Å². The van der Waals surface area contributed by atoms with Crippen LogP contribution in [0.3, 0.4) is 0 Å². The van der Waals surface area contributed by atoms with Crippen LogP contribution in [0.2, 0.25) is 0 Å². The second-order valence-electron chi connectivity index (χ2n) is 4.29. The summed E-state index contributed by atoms with van der Waals surface area (Å²) in [7, 11) is 0. The van der Waals surface area contributed by atoms with E-state index in [-0.39, 0.29) is 5.54 Å². The van der Waals surface area contributed by atoms with Crippen molar-refractivity contribution in [2.45, 2.75) is 58.0 Å². The molecule has 0 aromatic carbocycles. The zero-order valence-corrected chi connectivity index (χ0v) is 9.34. The van der Waals surface area contributed by atoms with Gasteiger partial charge in [0, 0.05) is 11.6 Å². The van der Waals surface area contributed by atoms with Gasteiger partial charge >= 0.3 is 0 Å². The quantitative estimate of drug-likeness (QED) is 0.724. The van der Waals surface area contributed by atoms with Crippen LogP contribution >= 0.6 is 0 Å². The van der Waals surface area contributed by atoms with Crippen molar-refractivity contribution in [1.29, 1.82) is 0 Å². The number of nitrogens with two attached hydrogens (primary N) is 1. The summed E-state index contributed by atoms with van der Waals surface area (Å²) >= 11 is 0. The Morgan fingerprint density at radius 1 is 1.23 bits per heavy atom. The van der Waals surface area contributed by atoms with Crippen molar-refractivity contribution in [2.75, 3.05) is 13.1 Å². The fourth-order valence-corrected chi connectivity index (χ4v) is 2.79. The lowest BCUT2D eigenvalue weighted by molar-refractivity contribution is 0.0830. The van der Waals surface area contributed by atoms with Crippen molar-refractivity contribution in [2.24, 2.45) is 5.73 Å². The van der Waals surface area contributed by atoms with Crippen molar-refractivity contribution in [1.82, 2.24) is 4.90 Å². The van der Waals surface area contributed by atoms with Crippen LogP contribution in [-0.2, 0) is 0 Å². The minimum atomic E-state index is 0.274. The molecule has 1 atom stereocenters. The Balaban J connectivity index is 2.74. The summed E-state index contributed by atoms with van der Waals surface area (Å²) in [4.78, 5) is 2.61. The summed E-state index contributed by atoms with van der Waals surface area (Å²) in [6.45, 7) is 9.20. The lowest BCUT2D eigenvalue weighted by Gasteiger charge is -2.44. The van der Waals surface area contributed by atoms with Crippen LogP contribution < -0.4 is 5.73 Å². The van der Waals surface area contributed by atoms with Crippen LogP contribution in [0.1, 0.15) is 46.5 Å². The van der Waals surface area contributed by atoms with Gasteiger partial charge in [0.25, 0.3) is 0 Å². The van der Waals surface area contributed by atoms with Crippen molar-refractivity contribution < 1.29 is 0 Å². The minimum Gasteiger partial charge on any atom is -0.326 e. The molecule has 0 aromatic rings. The summed E-state index contributed by atoms with van der Waals surface area (Å²) < 4.78 is 0. The van der Waals surface area contributed by atoms with E-state index in [1.54, 1.807) is 0 Å². The summed E-state index contributed by atoms with van der Waals surface area (Å²) in [6.07, 6.45) is 5.07. The van der Waals surface area contributed by atoms with Crippen LogP contribution in [-0.4, -0.2) is 29.6 Å². The molecule has 2 N–H and O–H groups in total. The zero-order chi connectivity index (χ0) is 9.90. The second kappa shape index (κ2) is 4.43. The van der Waals surface area contributed by atoms with Crippen LogP contribution in [0.5, 0.6) is 0 Å². The highest BCUT2D eigenvalue weighted by atomic mass is 15.2. The van der Waals surface area contributed by atoms with Gasteiger partial charge in [-0.15, -0.1) is 0 Å². The van der Waals surface area contributed by atoms with Gasteiger partial charge in [-0.2, -0.15) is 0 Å². The molecule has 2 nitrogen and oxygen atoms in total. The predicted octanol–water partition coefficient (Wildman–Crippen LogP) is 1.99. The molecule has 1 aliphatic heterocycles. The number of rotatable bonds is 4. The molecule has 0 saturated carbocycles. The summed E-state index contributed by atoms with van der Waals surface area (Å²) in [5.74, 6) is 0. The zero-order valence-electron chi connectivity index (χ0n) is 9.34. The maximum atomic E-state index is 6.13. The van der Waals surface area contributed by atoms with Gasteiger partial charge in [0.15, 0.2) is 0 Å². The molecule has 1 heterocycles. The van der Waals surface area contributed by atoms with Crippen molar-refractivity contribution in [3.63, 3.8) is 0 Å². The maximum absolute atomic E-state index is 6.13. The van der Waals surface area contributed by atoms with E-state index in [1.807, 2.05) is 0 Å². The normalized spacial score (nSPS) is 22.2. The van der Waals surface area contributed by atoms with Crippen LogP contribution in [0.4, 0.5) is 0 Å². The molecule has 1 fully saturated rings. The Bertz CT molecular complexity index is 144. The van der Waals surface area contributed by atoms with Gasteiger partial charge in [0.1, 0.15) is 0 Å². The Hall–Kier alpha value is -0.0800. The highest BCUT2D eigenvalue weighted by Crippen LogP contribution is 2.30. The van der Waals surface area contributed by atoms with E-state index in [2.05, 4.69) is 25.7 Å². The third-order valence-corrected chi connectivity index (χ3v) is 3.81. The molecule has 13 heavy (non-hydrogen) atoms. The predicted molar refractivity (Wildman–Crippen MR) is 57.8 cm³/mol. The minimum absolute atomic E-state index is 0.274. The SMILES string of the molecule is CCC(CC)(C(C)N)N1CCCC1. The van der Waals surface area contributed by atoms with Gasteiger partial charge < -0.3 is 5.73 Å². The first kappa shape index (κ1) is 11.0. The Kier molecular flexibility index (Phi) is 3.74. The molecule has 0 amide bonds. The van der Waals surface area contributed by atoms with Gasteiger partial charge in [-0.25, -0.2) is 0 Å². The van der Waals surface area contributed by atoms with E-state index in [0.717, 1.165) is 0 Å². The first-order chi connectivity index (χ1) is 6.17. The number of hydrogen-bond acceptors (Lipinski definition) is 2. The third-order valence-electron chi connectivity index (χ3n) is 3.81. The standard InChI is InChI=1S/C11H24N2/c1-4-11(5-2,10(3)12)13-8-6-7-9-13/h10H,4-9,12H2,1-3H3. The van der Waals surface area contributed by atoms with E-state index < -0.39 is 0 Å². The molecule has 0 bridgehead atoms. The van der Waals surface area contributed by atoms with Crippen LogP contribution in [0.25, 0.3) is 0 Å². The van der Waals surface area contributed by atoms with Gasteiger partial charge in [0.2, 0.25) is 0 Å². The van der Waals surface area contributed by atoms with Crippen molar-refractivity contribution >= 4 is 0 Å². The molecule has 78 valence electrons. The highest BCUT2D eigenvalue weighted by molar-refractivity contribution is 4.96.